The van der Waals surface area contributed by atoms with Gasteiger partial charge in [-0.1, -0.05) is 12.1 Å². The molecular formula is C25H31N7O4. The van der Waals surface area contributed by atoms with Gasteiger partial charge in [0.1, 0.15) is 6.04 Å². The smallest absolute Gasteiger partial charge is 0.409 e. The van der Waals surface area contributed by atoms with Gasteiger partial charge in [-0.15, -0.1) is 0 Å². The largest absolute Gasteiger partial charge is 0.450 e. The molecule has 11 heteroatoms. The van der Waals surface area contributed by atoms with E-state index in [9.17, 15) is 14.4 Å². The number of piperazine rings is 1. The van der Waals surface area contributed by atoms with Gasteiger partial charge in [0.2, 0.25) is 5.91 Å². The molecule has 1 aromatic carbocycles. The van der Waals surface area contributed by atoms with Crippen LogP contribution in [0.4, 0.5) is 10.5 Å². The maximum absolute atomic E-state index is 13.1. The first-order chi connectivity index (χ1) is 17.4. The van der Waals surface area contributed by atoms with Crippen LogP contribution in [0.2, 0.25) is 0 Å². The lowest BCUT2D eigenvalue weighted by Gasteiger charge is -2.35. The molecule has 0 spiro atoms. The van der Waals surface area contributed by atoms with Crippen molar-refractivity contribution in [1.29, 1.82) is 0 Å². The van der Waals surface area contributed by atoms with E-state index in [1.807, 2.05) is 30.5 Å². The Morgan fingerprint density at radius 3 is 2.56 bits per heavy atom. The number of benzene rings is 1. The van der Waals surface area contributed by atoms with Crippen molar-refractivity contribution >= 4 is 23.6 Å². The Bertz CT molecular complexity index is 1210. The van der Waals surface area contributed by atoms with Crippen molar-refractivity contribution in [2.75, 3.05) is 38.1 Å². The zero-order valence-electron chi connectivity index (χ0n) is 20.8. The summed E-state index contributed by atoms with van der Waals surface area (Å²) in [5.41, 5.74) is 2.64. The van der Waals surface area contributed by atoms with Crippen LogP contribution >= 0.6 is 0 Å². The molecule has 1 saturated heterocycles. The van der Waals surface area contributed by atoms with Gasteiger partial charge in [0, 0.05) is 50.3 Å². The molecule has 1 N–H and O–H groups in total. The fourth-order valence-electron chi connectivity index (χ4n) is 4.09. The number of nitrogens with zero attached hydrogens (tertiary/aromatic N) is 6. The van der Waals surface area contributed by atoms with E-state index in [-0.39, 0.29) is 17.9 Å². The molecule has 3 aromatic rings. The molecule has 3 amide bonds. The van der Waals surface area contributed by atoms with Crippen LogP contribution < -0.4 is 5.32 Å². The molecule has 3 heterocycles. The summed E-state index contributed by atoms with van der Waals surface area (Å²) in [6.07, 6.45) is 4.91. The molecule has 1 atom stereocenters. The summed E-state index contributed by atoms with van der Waals surface area (Å²) in [5, 5.41) is 11.6. The Morgan fingerprint density at radius 1 is 1.11 bits per heavy atom. The molecule has 0 radical (unpaired) electrons. The van der Waals surface area contributed by atoms with Gasteiger partial charge in [0.05, 0.1) is 24.5 Å². The van der Waals surface area contributed by atoms with Gasteiger partial charge >= 0.3 is 6.09 Å². The third-order valence-electron chi connectivity index (χ3n) is 6.13. The van der Waals surface area contributed by atoms with Gasteiger partial charge in [0.15, 0.2) is 0 Å². The van der Waals surface area contributed by atoms with E-state index in [1.165, 1.54) is 0 Å². The number of rotatable bonds is 7. The number of carbonyl (C=O) groups is 3. The van der Waals surface area contributed by atoms with Crippen LogP contribution in [0.5, 0.6) is 0 Å². The lowest BCUT2D eigenvalue weighted by Crippen LogP contribution is -2.52. The molecule has 4 rings (SSSR count). The predicted octanol–water partition coefficient (Wildman–Crippen LogP) is 2.55. The van der Waals surface area contributed by atoms with E-state index in [4.69, 9.17) is 4.74 Å². The zero-order valence-corrected chi connectivity index (χ0v) is 20.8. The van der Waals surface area contributed by atoms with Crippen molar-refractivity contribution in [3.8, 4) is 0 Å². The number of anilines is 1. The van der Waals surface area contributed by atoms with E-state index in [2.05, 4.69) is 15.5 Å². The average molecular weight is 494 g/mol. The van der Waals surface area contributed by atoms with Crippen molar-refractivity contribution in [1.82, 2.24) is 29.4 Å². The quantitative estimate of drug-likeness (QED) is 0.541. The minimum atomic E-state index is -0.555. The van der Waals surface area contributed by atoms with Crippen LogP contribution in [0, 0.1) is 6.92 Å². The van der Waals surface area contributed by atoms with E-state index in [0.717, 1.165) is 5.56 Å². The molecule has 0 saturated carbocycles. The minimum absolute atomic E-state index is 0.0924. The number of aryl methyl sites for hydroxylation is 1. The second kappa shape index (κ2) is 11.1. The molecule has 1 fully saturated rings. The van der Waals surface area contributed by atoms with Crippen molar-refractivity contribution in [2.45, 2.75) is 33.4 Å². The van der Waals surface area contributed by atoms with E-state index < -0.39 is 6.04 Å². The van der Waals surface area contributed by atoms with Crippen molar-refractivity contribution in [3.63, 3.8) is 0 Å². The van der Waals surface area contributed by atoms with Crippen LogP contribution in [-0.2, 0) is 16.1 Å². The molecule has 36 heavy (non-hydrogen) atoms. The fraction of sp³-hybridized carbons (Fsp3) is 0.400. The number of nitrogens with one attached hydrogen (secondary N) is 1. The molecule has 1 aliphatic rings. The highest BCUT2D eigenvalue weighted by molar-refractivity contribution is 6.04. The third-order valence-corrected chi connectivity index (χ3v) is 6.13. The molecule has 0 aliphatic carbocycles. The van der Waals surface area contributed by atoms with Gasteiger partial charge in [-0.05, 0) is 44.5 Å². The van der Waals surface area contributed by atoms with Crippen molar-refractivity contribution < 1.29 is 19.1 Å². The van der Waals surface area contributed by atoms with Crippen molar-refractivity contribution in [2.24, 2.45) is 0 Å². The number of ether oxygens (including phenoxy) is 1. The highest BCUT2D eigenvalue weighted by Gasteiger charge is 2.29. The van der Waals surface area contributed by atoms with Crippen LogP contribution in [-0.4, -0.2) is 80.1 Å². The highest BCUT2D eigenvalue weighted by Crippen LogP contribution is 2.20. The number of amides is 3. The molecule has 2 aromatic heterocycles. The van der Waals surface area contributed by atoms with Crippen LogP contribution in [0.15, 0.2) is 48.9 Å². The fourth-order valence-corrected chi connectivity index (χ4v) is 4.09. The number of hydrogen-bond acceptors (Lipinski definition) is 6. The number of hydrogen-bond donors (Lipinski definition) is 1. The number of carbonyl (C=O) groups excluding carboxylic acids is 3. The predicted molar refractivity (Wildman–Crippen MR) is 133 cm³/mol. The van der Waals surface area contributed by atoms with Crippen LogP contribution in [0.25, 0.3) is 0 Å². The Kier molecular flexibility index (Phi) is 7.67. The summed E-state index contributed by atoms with van der Waals surface area (Å²) in [5.74, 6) is -0.348. The molecule has 1 unspecified atom stereocenters. The summed E-state index contributed by atoms with van der Waals surface area (Å²) in [6.45, 7) is 7.93. The molecule has 11 nitrogen and oxygen atoms in total. The van der Waals surface area contributed by atoms with Crippen LogP contribution in [0.3, 0.4) is 0 Å². The normalized spacial score (nSPS) is 14.4. The Hall–Kier alpha value is -4.15. The maximum atomic E-state index is 13.1. The molecular weight excluding hydrogens is 462 g/mol. The summed E-state index contributed by atoms with van der Waals surface area (Å²) in [4.78, 5) is 41.2. The van der Waals surface area contributed by atoms with E-state index in [0.29, 0.717) is 56.3 Å². The van der Waals surface area contributed by atoms with Gasteiger partial charge in [-0.2, -0.15) is 10.2 Å². The summed E-state index contributed by atoms with van der Waals surface area (Å²) >= 11 is 0. The summed E-state index contributed by atoms with van der Waals surface area (Å²) in [7, 11) is 0. The second-order valence-electron chi connectivity index (χ2n) is 8.65. The zero-order chi connectivity index (χ0) is 25.7. The molecule has 1 aliphatic heterocycles. The lowest BCUT2D eigenvalue weighted by molar-refractivity contribution is -0.136. The Morgan fingerprint density at radius 2 is 1.86 bits per heavy atom. The average Bonchev–Trinajstić information content (AvgIpc) is 3.53. The standard InChI is InChI=1S/C25H31N7O4/c1-4-36-25(35)30-13-11-29(12-14-30)24(34)19(3)32-17-22(18(2)28-32)27-23(33)21-8-5-7-20(15-21)16-31-10-6-9-26-31/h5-10,15,17,19H,4,11-14,16H2,1-3H3,(H,27,33). The molecule has 0 bridgehead atoms. The van der Waals surface area contributed by atoms with Crippen molar-refractivity contribution in [3.05, 3.63) is 65.7 Å². The second-order valence-corrected chi connectivity index (χ2v) is 8.65. The van der Waals surface area contributed by atoms with Gasteiger partial charge in [-0.25, -0.2) is 4.79 Å². The Labute approximate surface area is 209 Å². The first-order valence-corrected chi connectivity index (χ1v) is 12.0. The van der Waals surface area contributed by atoms with E-state index in [1.54, 1.807) is 58.4 Å². The maximum Gasteiger partial charge on any atom is 0.409 e. The minimum Gasteiger partial charge on any atom is -0.450 e. The van der Waals surface area contributed by atoms with Gasteiger partial charge in [-0.3, -0.25) is 19.0 Å². The van der Waals surface area contributed by atoms with Gasteiger partial charge in [0.25, 0.3) is 5.91 Å². The Balaban J connectivity index is 1.37. The number of aromatic nitrogens is 4. The molecule has 190 valence electrons. The SMILES string of the molecule is CCOC(=O)N1CCN(C(=O)C(C)n2cc(NC(=O)c3cccc(Cn4cccn4)c3)c(C)n2)CC1. The highest BCUT2D eigenvalue weighted by atomic mass is 16.6. The lowest BCUT2D eigenvalue weighted by atomic mass is 10.1. The summed E-state index contributed by atoms with van der Waals surface area (Å²) < 4.78 is 8.39. The third kappa shape index (κ3) is 5.73. The monoisotopic (exact) mass is 493 g/mol. The topological polar surface area (TPSA) is 115 Å². The van der Waals surface area contributed by atoms with Crippen LogP contribution in [0.1, 0.15) is 41.5 Å². The first kappa shape index (κ1) is 25.0. The summed E-state index contributed by atoms with van der Waals surface area (Å²) in [6, 6.07) is 8.67. The first-order valence-electron chi connectivity index (χ1n) is 12.0. The van der Waals surface area contributed by atoms with Gasteiger partial charge < -0.3 is 19.9 Å². The van der Waals surface area contributed by atoms with E-state index >= 15 is 0 Å².